The average molecular weight is 422 g/mol. The van der Waals surface area contributed by atoms with E-state index in [1.807, 2.05) is 12.1 Å². The molecule has 1 amide bonds. The van der Waals surface area contributed by atoms with Crippen molar-refractivity contribution in [3.63, 3.8) is 0 Å². The topological polar surface area (TPSA) is 79.4 Å². The molecule has 0 spiro atoms. The standard InChI is InChI=1S/C18H19N3O3S3/c1-4-25-13-7-5-12(6-8-13)17(22)20-18-19-15-10-9-14(11-16(15)26-18)27(23,24)21(2)3/h5-11H,4H2,1-3H3,(H,19,20,22). The van der Waals surface area contributed by atoms with Crippen LogP contribution >= 0.6 is 23.1 Å². The predicted octanol–water partition coefficient (Wildman–Crippen LogP) is 3.91. The third-order valence-electron chi connectivity index (χ3n) is 3.79. The van der Waals surface area contributed by atoms with Crippen LogP contribution in [0, 0.1) is 0 Å². The number of aromatic nitrogens is 1. The fourth-order valence-corrected chi connectivity index (χ4v) is 4.93. The Hall–Kier alpha value is -1.94. The van der Waals surface area contributed by atoms with Gasteiger partial charge in [0, 0.05) is 24.6 Å². The second-order valence-electron chi connectivity index (χ2n) is 5.85. The molecule has 0 atom stereocenters. The Labute approximate surface area is 166 Å². The molecular formula is C18H19N3O3S3. The average Bonchev–Trinajstić information content (AvgIpc) is 3.03. The lowest BCUT2D eigenvalue weighted by Gasteiger charge is -2.10. The molecule has 0 fully saturated rings. The molecule has 0 aliphatic carbocycles. The van der Waals surface area contributed by atoms with Crippen molar-refractivity contribution in [1.82, 2.24) is 9.29 Å². The fraction of sp³-hybridized carbons (Fsp3) is 0.222. The number of benzene rings is 2. The van der Waals surface area contributed by atoms with Gasteiger partial charge in [0.25, 0.3) is 5.91 Å². The number of hydrogen-bond donors (Lipinski definition) is 1. The molecule has 0 aliphatic heterocycles. The highest BCUT2D eigenvalue weighted by atomic mass is 32.2. The first-order chi connectivity index (χ1) is 12.8. The molecule has 6 nitrogen and oxygen atoms in total. The van der Waals surface area contributed by atoms with Crippen molar-refractivity contribution in [2.24, 2.45) is 0 Å². The van der Waals surface area contributed by atoms with Crippen molar-refractivity contribution in [2.75, 3.05) is 25.2 Å². The SMILES string of the molecule is CCSc1ccc(C(=O)Nc2nc3ccc(S(=O)(=O)N(C)C)cc3s2)cc1. The van der Waals surface area contributed by atoms with Gasteiger partial charge in [-0.2, -0.15) is 0 Å². The summed E-state index contributed by atoms with van der Waals surface area (Å²) in [5.41, 5.74) is 1.19. The minimum absolute atomic E-state index is 0.200. The zero-order valence-electron chi connectivity index (χ0n) is 15.1. The summed E-state index contributed by atoms with van der Waals surface area (Å²) >= 11 is 2.96. The number of fused-ring (bicyclic) bond motifs is 1. The van der Waals surface area contributed by atoms with Crippen molar-refractivity contribution in [3.05, 3.63) is 48.0 Å². The Kier molecular flexibility index (Phi) is 5.85. The number of thioether (sulfide) groups is 1. The Morgan fingerprint density at radius 3 is 2.52 bits per heavy atom. The van der Waals surface area contributed by atoms with Gasteiger partial charge in [-0.05, 0) is 48.2 Å². The summed E-state index contributed by atoms with van der Waals surface area (Å²) < 4.78 is 26.4. The maximum atomic E-state index is 12.4. The molecule has 0 aliphatic rings. The molecule has 27 heavy (non-hydrogen) atoms. The number of nitrogens with zero attached hydrogens (tertiary/aromatic N) is 2. The van der Waals surface area contributed by atoms with E-state index < -0.39 is 10.0 Å². The van der Waals surface area contributed by atoms with Crippen LogP contribution in [0.1, 0.15) is 17.3 Å². The summed E-state index contributed by atoms with van der Waals surface area (Å²) in [5, 5.41) is 3.21. The monoisotopic (exact) mass is 421 g/mol. The van der Waals surface area contributed by atoms with Crippen LogP contribution in [0.2, 0.25) is 0 Å². The maximum absolute atomic E-state index is 12.4. The molecule has 0 radical (unpaired) electrons. The first kappa shape index (κ1) is 19.8. The molecule has 3 aromatic rings. The number of rotatable bonds is 6. The van der Waals surface area contributed by atoms with E-state index in [1.165, 1.54) is 35.8 Å². The van der Waals surface area contributed by atoms with Gasteiger partial charge < -0.3 is 0 Å². The normalized spacial score (nSPS) is 11.9. The zero-order chi connectivity index (χ0) is 19.6. The van der Waals surface area contributed by atoms with Crippen LogP contribution in [-0.2, 0) is 10.0 Å². The quantitative estimate of drug-likeness (QED) is 0.611. The van der Waals surface area contributed by atoms with E-state index in [4.69, 9.17) is 0 Å². The number of anilines is 1. The van der Waals surface area contributed by atoms with Crippen LogP contribution in [0.4, 0.5) is 5.13 Å². The van der Waals surface area contributed by atoms with E-state index in [0.717, 1.165) is 10.6 Å². The molecule has 1 aromatic heterocycles. The summed E-state index contributed by atoms with van der Waals surface area (Å²) in [6, 6.07) is 12.1. The zero-order valence-corrected chi connectivity index (χ0v) is 17.5. The largest absolute Gasteiger partial charge is 0.298 e. The van der Waals surface area contributed by atoms with Crippen LogP contribution in [-0.4, -0.2) is 43.5 Å². The second kappa shape index (κ2) is 7.97. The number of nitrogens with one attached hydrogen (secondary N) is 1. The van der Waals surface area contributed by atoms with Gasteiger partial charge in [-0.3, -0.25) is 10.1 Å². The van der Waals surface area contributed by atoms with Crippen molar-refractivity contribution >= 4 is 54.4 Å². The Morgan fingerprint density at radius 2 is 1.89 bits per heavy atom. The molecule has 1 N–H and O–H groups in total. The number of sulfonamides is 1. The number of carbonyl (C=O) groups is 1. The van der Waals surface area contributed by atoms with Crippen molar-refractivity contribution in [2.45, 2.75) is 16.7 Å². The van der Waals surface area contributed by atoms with Crippen LogP contribution in [0.15, 0.2) is 52.3 Å². The number of carbonyl (C=O) groups excluding carboxylic acids is 1. The van der Waals surface area contributed by atoms with Crippen molar-refractivity contribution in [3.8, 4) is 0 Å². The summed E-state index contributed by atoms with van der Waals surface area (Å²) in [7, 11) is -0.535. The van der Waals surface area contributed by atoms with E-state index in [2.05, 4.69) is 17.2 Å². The molecule has 142 valence electrons. The van der Waals surface area contributed by atoms with Crippen LogP contribution in [0.5, 0.6) is 0 Å². The molecule has 0 saturated carbocycles. The smallest absolute Gasteiger partial charge is 0.257 e. The van der Waals surface area contributed by atoms with Gasteiger partial charge in [0.05, 0.1) is 15.1 Å². The molecule has 3 rings (SSSR count). The Balaban J connectivity index is 1.82. The van der Waals surface area contributed by atoms with Crippen LogP contribution < -0.4 is 5.32 Å². The van der Waals surface area contributed by atoms with Gasteiger partial charge in [0.1, 0.15) is 0 Å². The van der Waals surface area contributed by atoms with E-state index in [-0.39, 0.29) is 10.8 Å². The Bertz CT molecular complexity index is 1070. The molecule has 0 saturated heterocycles. The van der Waals surface area contributed by atoms with E-state index in [9.17, 15) is 13.2 Å². The summed E-state index contributed by atoms with van der Waals surface area (Å²) in [6.07, 6.45) is 0. The van der Waals surface area contributed by atoms with Gasteiger partial charge in [-0.25, -0.2) is 17.7 Å². The van der Waals surface area contributed by atoms with Crippen LogP contribution in [0.25, 0.3) is 10.2 Å². The minimum Gasteiger partial charge on any atom is -0.298 e. The second-order valence-corrected chi connectivity index (χ2v) is 10.4. The third kappa shape index (κ3) is 4.32. The predicted molar refractivity (Wildman–Crippen MR) is 111 cm³/mol. The Morgan fingerprint density at radius 1 is 1.19 bits per heavy atom. The van der Waals surface area contributed by atoms with Gasteiger partial charge >= 0.3 is 0 Å². The molecular weight excluding hydrogens is 402 g/mol. The van der Waals surface area contributed by atoms with E-state index in [0.29, 0.717) is 20.9 Å². The first-order valence-corrected chi connectivity index (χ1v) is 11.4. The van der Waals surface area contributed by atoms with Gasteiger partial charge in [0.15, 0.2) is 5.13 Å². The highest BCUT2D eigenvalue weighted by Gasteiger charge is 2.18. The van der Waals surface area contributed by atoms with E-state index in [1.54, 1.807) is 36.0 Å². The van der Waals surface area contributed by atoms with Crippen LogP contribution in [0.3, 0.4) is 0 Å². The molecule has 9 heteroatoms. The third-order valence-corrected chi connectivity index (χ3v) is 7.43. The number of amides is 1. The van der Waals surface area contributed by atoms with Gasteiger partial charge in [0.2, 0.25) is 10.0 Å². The fourth-order valence-electron chi connectivity index (χ4n) is 2.37. The maximum Gasteiger partial charge on any atom is 0.257 e. The first-order valence-electron chi connectivity index (χ1n) is 8.18. The molecule has 0 bridgehead atoms. The van der Waals surface area contributed by atoms with Crippen molar-refractivity contribution in [1.29, 1.82) is 0 Å². The van der Waals surface area contributed by atoms with Crippen molar-refractivity contribution < 1.29 is 13.2 Å². The lowest BCUT2D eigenvalue weighted by molar-refractivity contribution is 0.102. The van der Waals surface area contributed by atoms with Gasteiger partial charge in [-0.1, -0.05) is 18.3 Å². The number of hydrogen-bond acceptors (Lipinski definition) is 6. The number of thiazole rings is 1. The molecule has 1 heterocycles. The minimum atomic E-state index is -3.51. The summed E-state index contributed by atoms with van der Waals surface area (Å²) in [4.78, 5) is 18.1. The highest BCUT2D eigenvalue weighted by molar-refractivity contribution is 7.99. The summed E-state index contributed by atoms with van der Waals surface area (Å²) in [6.45, 7) is 2.08. The lowest BCUT2D eigenvalue weighted by atomic mass is 10.2. The highest BCUT2D eigenvalue weighted by Crippen LogP contribution is 2.29. The van der Waals surface area contributed by atoms with E-state index >= 15 is 0 Å². The summed E-state index contributed by atoms with van der Waals surface area (Å²) in [5.74, 6) is 0.728. The molecule has 2 aromatic carbocycles. The van der Waals surface area contributed by atoms with Gasteiger partial charge in [-0.15, -0.1) is 11.8 Å². The molecule has 0 unspecified atom stereocenters. The lowest BCUT2D eigenvalue weighted by Crippen LogP contribution is -2.22.